The molecule has 1 saturated heterocycles. The molecule has 2 aliphatic carbocycles. The number of esters is 1. The van der Waals surface area contributed by atoms with Crippen LogP contribution in [0.2, 0.25) is 0 Å². The van der Waals surface area contributed by atoms with E-state index in [4.69, 9.17) is 4.74 Å². The van der Waals surface area contributed by atoms with Crippen LogP contribution in [-0.4, -0.2) is 22.6 Å². The van der Waals surface area contributed by atoms with Gasteiger partial charge in [0.15, 0.2) is 0 Å². The number of fused-ring (bicyclic) bond motifs is 2. The summed E-state index contributed by atoms with van der Waals surface area (Å²) in [7, 11) is 0. The van der Waals surface area contributed by atoms with Crippen molar-refractivity contribution in [2.45, 2.75) is 68.5 Å². The highest BCUT2D eigenvalue weighted by atomic mass is 32.2. The van der Waals surface area contributed by atoms with Crippen LogP contribution in [0.4, 0.5) is 4.39 Å². The molecule has 27 heavy (non-hydrogen) atoms. The molecule has 0 aromatic heterocycles. The lowest BCUT2D eigenvalue weighted by Gasteiger charge is -2.44. The Morgan fingerprint density at radius 3 is 2.52 bits per heavy atom. The molecule has 4 rings (SSSR count). The molecule has 0 amide bonds. The van der Waals surface area contributed by atoms with E-state index in [2.05, 4.69) is 32.9 Å². The Bertz CT molecular complexity index is 726. The van der Waals surface area contributed by atoms with Crippen molar-refractivity contribution in [3.63, 3.8) is 0 Å². The highest BCUT2D eigenvalue weighted by molar-refractivity contribution is 8.01. The van der Waals surface area contributed by atoms with Gasteiger partial charge in [-0.1, -0.05) is 51.5 Å². The summed E-state index contributed by atoms with van der Waals surface area (Å²) in [6.07, 6.45) is 8.53. The van der Waals surface area contributed by atoms with E-state index in [0.29, 0.717) is 17.1 Å². The van der Waals surface area contributed by atoms with Crippen LogP contribution in [0.15, 0.2) is 36.4 Å². The van der Waals surface area contributed by atoms with Gasteiger partial charge in [-0.05, 0) is 48.3 Å². The molecule has 3 aliphatic rings. The molecule has 0 spiro atoms. The van der Waals surface area contributed by atoms with Crippen LogP contribution < -0.4 is 0 Å². The Morgan fingerprint density at radius 1 is 1.15 bits per heavy atom. The number of benzene rings is 1. The highest BCUT2D eigenvalue weighted by Crippen LogP contribution is 2.47. The molecule has 1 heterocycles. The van der Waals surface area contributed by atoms with E-state index >= 15 is 0 Å². The molecule has 2 bridgehead atoms. The molecule has 146 valence electrons. The molecule has 1 aromatic carbocycles. The van der Waals surface area contributed by atoms with E-state index in [-0.39, 0.29) is 34.5 Å². The largest absolute Gasteiger partial charge is 0.461 e. The molecule has 0 N–H and O–H groups in total. The number of rotatable bonds is 4. The maximum atomic E-state index is 13.4. The molecule has 1 saturated carbocycles. The van der Waals surface area contributed by atoms with E-state index in [1.54, 1.807) is 11.8 Å². The van der Waals surface area contributed by atoms with Crippen LogP contribution in [0.3, 0.4) is 0 Å². The fraction of sp³-hybridized carbons (Fsp3) is 0.609. The summed E-state index contributed by atoms with van der Waals surface area (Å²) in [5.74, 6) is 0.918. The number of carbonyl (C=O) groups is 1. The summed E-state index contributed by atoms with van der Waals surface area (Å²) in [5, 5.41) is 0.455. The molecule has 1 aliphatic heterocycles. The molecule has 0 unspecified atom stereocenters. The van der Waals surface area contributed by atoms with Crippen LogP contribution in [-0.2, 0) is 14.9 Å². The van der Waals surface area contributed by atoms with Crippen LogP contribution in [0.5, 0.6) is 0 Å². The normalized spacial score (nSPS) is 35.4. The zero-order valence-corrected chi connectivity index (χ0v) is 17.2. The fourth-order valence-electron chi connectivity index (χ4n) is 5.13. The average molecular weight is 389 g/mol. The average Bonchev–Trinajstić information content (AvgIpc) is 3.25. The van der Waals surface area contributed by atoms with E-state index in [0.717, 1.165) is 31.2 Å². The van der Waals surface area contributed by atoms with E-state index in [1.165, 1.54) is 12.1 Å². The van der Waals surface area contributed by atoms with Crippen molar-refractivity contribution < 1.29 is 13.9 Å². The van der Waals surface area contributed by atoms with Crippen LogP contribution >= 0.6 is 11.8 Å². The Labute approximate surface area is 165 Å². The molecule has 2 fully saturated rings. The topological polar surface area (TPSA) is 26.3 Å². The van der Waals surface area contributed by atoms with Crippen molar-refractivity contribution in [3.8, 4) is 0 Å². The van der Waals surface area contributed by atoms with Gasteiger partial charge in [-0.15, -0.1) is 11.8 Å². The Kier molecular flexibility index (Phi) is 5.13. The predicted molar refractivity (Wildman–Crippen MR) is 108 cm³/mol. The summed E-state index contributed by atoms with van der Waals surface area (Å²) in [4.78, 5) is 12.9. The maximum absolute atomic E-state index is 13.4. The van der Waals surface area contributed by atoms with E-state index in [9.17, 15) is 9.18 Å². The third-order valence-corrected chi connectivity index (χ3v) is 8.39. The van der Waals surface area contributed by atoms with Gasteiger partial charge in [0.25, 0.3) is 0 Å². The van der Waals surface area contributed by atoms with E-state index in [1.807, 2.05) is 12.1 Å². The minimum absolute atomic E-state index is 0.0316. The second-order valence-electron chi connectivity index (χ2n) is 9.11. The highest BCUT2D eigenvalue weighted by Gasteiger charge is 2.46. The quantitative estimate of drug-likeness (QED) is 0.502. The predicted octanol–water partition coefficient (Wildman–Crippen LogP) is 5.51. The first-order valence-corrected chi connectivity index (χ1v) is 11.1. The van der Waals surface area contributed by atoms with Crippen LogP contribution in [0.25, 0.3) is 0 Å². The van der Waals surface area contributed by atoms with Gasteiger partial charge in [0.2, 0.25) is 0 Å². The number of halogens is 1. The lowest BCUT2D eigenvalue weighted by molar-refractivity contribution is -0.156. The van der Waals surface area contributed by atoms with Crippen molar-refractivity contribution >= 4 is 17.7 Å². The molecule has 4 heteroatoms. The Balaban J connectivity index is 1.52. The standard InChI is InChI=1S/C23H29FO2S/c1-14-4-11-19(23(2,3)16-6-8-17(24)9-7-16)20(12-14)26-22(25)21-15-5-10-18(13-15)27-21/h5-10,14-15,18-21H,4,11-13H2,1-3H3/t14-,15-,18+,19-,20-,21-/m1/s1. The Hall–Kier alpha value is -1.29. The number of allylic oxidation sites excluding steroid dienone is 1. The first-order chi connectivity index (χ1) is 12.8. The SMILES string of the molecule is C[C@@H]1CC[C@@H](C(C)(C)c2ccc(F)cc2)[C@H](OC(=O)[C@@H]2S[C@H]3C=C[C@@H]2C3)C1. The summed E-state index contributed by atoms with van der Waals surface area (Å²) in [6.45, 7) is 6.66. The molecular formula is C23H29FO2S. The molecule has 6 atom stereocenters. The molecular weight excluding hydrogens is 359 g/mol. The minimum Gasteiger partial charge on any atom is -0.461 e. The van der Waals surface area contributed by atoms with Gasteiger partial charge < -0.3 is 4.74 Å². The van der Waals surface area contributed by atoms with Crippen LogP contribution in [0.1, 0.15) is 52.0 Å². The summed E-state index contributed by atoms with van der Waals surface area (Å²) >= 11 is 1.76. The smallest absolute Gasteiger partial charge is 0.319 e. The lowest BCUT2D eigenvalue weighted by atomic mass is 9.64. The van der Waals surface area contributed by atoms with E-state index < -0.39 is 0 Å². The van der Waals surface area contributed by atoms with Crippen molar-refractivity contribution in [3.05, 3.63) is 47.8 Å². The van der Waals surface area contributed by atoms with Gasteiger partial charge in [-0.2, -0.15) is 0 Å². The van der Waals surface area contributed by atoms with Crippen molar-refractivity contribution in [2.24, 2.45) is 17.8 Å². The third kappa shape index (κ3) is 3.70. The van der Waals surface area contributed by atoms with Gasteiger partial charge in [0.05, 0.1) is 0 Å². The second kappa shape index (κ2) is 7.27. The summed E-state index contributed by atoms with van der Waals surface area (Å²) < 4.78 is 19.6. The Morgan fingerprint density at radius 2 is 1.89 bits per heavy atom. The van der Waals surface area contributed by atoms with Crippen molar-refractivity contribution in [1.29, 1.82) is 0 Å². The van der Waals surface area contributed by atoms with Crippen molar-refractivity contribution in [1.82, 2.24) is 0 Å². The second-order valence-corrected chi connectivity index (χ2v) is 10.5. The number of hydrogen-bond acceptors (Lipinski definition) is 3. The van der Waals surface area contributed by atoms with Gasteiger partial charge in [0.1, 0.15) is 17.2 Å². The number of thioether (sulfide) groups is 1. The van der Waals surface area contributed by atoms with Gasteiger partial charge in [-0.25, -0.2) is 4.39 Å². The summed E-state index contributed by atoms with van der Waals surface area (Å²) in [5.41, 5.74) is 0.947. The van der Waals surface area contributed by atoms with Gasteiger partial charge in [-0.3, -0.25) is 4.79 Å². The molecule has 0 radical (unpaired) electrons. The first kappa shape index (κ1) is 19.0. The van der Waals surface area contributed by atoms with Crippen LogP contribution in [0, 0.1) is 23.6 Å². The van der Waals surface area contributed by atoms with Gasteiger partial charge in [0, 0.05) is 17.1 Å². The zero-order valence-electron chi connectivity index (χ0n) is 16.4. The monoisotopic (exact) mass is 388 g/mol. The number of ether oxygens (including phenoxy) is 1. The van der Waals surface area contributed by atoms with Gasteiger partial charge >= 0.3 is 5.97 Å². The van der Waals surface area contributed by atoms with Crippen molar-refractivity contribution in [2.75, 3.05) is 0 Å². The first-order valence-electron chi connectivity index (χ1n) is 10.1. The summed E-state index contributed by atoms with van der Waals surface area (Å²) in [6, 6.07) is 6.81. The minimum atomic E-state index is -0.212. The molecule has 1 aromatic rings. The third-order valence-electron chi connectivity index (χ3n) is 6.86. The zero-order chi connectivity index (χ0) is 19.2. The fourth-order valence-corrected chi connectivity index (χ4v) is 6.59. The lowest BCUT2D eigenvalue weighted by Crippen LogP contribution is -2.44. The maximum Gasteiger partial charge on any atom is 0.319 e. The number of carbonyl (C=O) groups excluding carboxylic acids is 1. The molecule has 2 nitrogen and oxygen atoms in total. The number of hydrogen-bond donors (Lipinski definition) is 0.